The van der Waals surface area contributed by atoms with E-state index in [0.29, 0.717) is 42.4 Å². The van der Waals surface area contributed by atoms with Gasteiger partial charge in [-0.2, -0.15) is 0 Å². The van der Waals surface area contributed by atoms with E-state index in [1.165, 1.54) is 0 Å². The fourth-order valence-electron chi connectivity index (χ4n) is 3.06. The molecule has 0 fully saturated rings. The largest absolute Gasteiger partial charge is 0.497 e. The van der Waals surface area contributed by atoms with E-state index in [9.17, 15) is 9.59 Å². The maximum atomic E-state index is 13.0. The number of benzene rings is 2. The molecule has 0 spiro atoms. The van der Waals surface area contributed by atoms with Crippen LogP contribution in [0.2, 0.25) is 0 Å². The maximum absolute atomic E-state index is 13.0. The number of nitrogens with zero attached hydrogens (tertiary/aromatic N) is 2. The van der Waals surface area contributed by atoms with Gasteiger partial charge in [0.15, 0.2) is 6.61 Å². The van der Waals surface area contributed by atoms with E-state index in [2.05, 4.69) is 10.3 Å². The van der Waals surface area contributed by atoms with Gasteiger partial charge in [0.25, 0.3) is 11.8 Å². The van der Waals surface area contributed by atoms with Gasteiger partial charge in [0.1, 0.15) is 11.5 Å². The minimum atomic E-state index is -0.301. The average Bonchev–Trinajstić information content (AvgIpc) is 2.86. The van der Waals surface area contributed by atoms with E-state index >= 15 is 0 Å². The van der Waals surface area contributed by atoms with Crippen LogP contribution in [0.1, 0.15) is 16.1 Å². The summed E-state index contributed by atoms with van der Waals surface area (Å²) in [6.07, 6.45) is 1.70. The zero-order valence-corrected chi connectivity index (χ0v) is 18.7. The monoisotopic (exact) mass is 449 g/mol. The molecule has 2 amide bonds. The van der Waals surface area contributed by atoms with Crippen molar-refractivity contribution < 1.29 is 23.8 Å². The molecule has 1 heterocycles. The van der Waals surface area contributed by atoms with Crippen LogP contribution in [0, 0.1) is 0 Å². The quantitative estimate of drug-likeness (QED) is 0.483. The number of ether oxygens (including phenoxy) is 3. The van der Waals surface area contributed by atoms with E-state index in [-0.39, 0.29) is 18.4 Å². The van der Waals surface area contributed by atoms with Crippen molar-refractivity contribution in [1.82, 2.24) is 9.88 Å². The van der Waals surface area contributed by atoms with E-state index in [0.717, 1.165) is 5.69 Å². The third-order valence-corrected chi connectivity index (χ3v) is 4.76. The summed E-state index contributed by atoms with van der Waals surface area (Å²) < 4.78 is 15.8. The van der Waals surface area contributed by atoms with Crippen LogP contribution in [0.25, 0.3) is 0 Å². The molecule has 1 N–H and O–H groups in total. The number of rotatable bonds is 11. The predicted molar refractivity (Wildman–Crippen MR) is 124 cm³/mol. The van der Waals surface area contributed by atoms with Crippen LogP contribution in [0.15, 0.2) is 72.9 Å². The summed E-state index contributed by atoms with van der Waals surface area (Å²) in [7, 11) is 3.16. The molecule has 1 aromatic heterocycles. The van der Waals surface area contributed by atoms with Gasteiger partial charge in [-0.1, -0.05) is 12.1 Å². The Morgan fingerprint density at radius 2 is 1.79 bits per heavy atom. The molecule has 8 heteroatoms. The SMILES string of the molecule is COCCN(Cc1ccccn1)C(=O)c1ccc(OCC(=O)Nc2cccc(OC)c2)cc1. The first-order valence-corrected chi connectivity index (χ1v) is 10.4. The fourth-order valence-corrected chi connectivity index (χ4v) is 3.06. The van der Waals surface area contributed by atoms with Crippen molar-refractivity contribution in [1.29, 1.82) is 0 Å². The summed E-state index contributed by atoms with van der Waals surface area (Å²) in [5.74, 6) is 0.696. The van der Waals surface area contributed by atoms with Crippen molar-refractivity contribution >= 4 is 17.5 Å². The first-order chi connectivity index (χ1) is 16.1. The summed E-state index contributed by atoms with van der Waals surface area (Å²) >= 11 is 0. The van der Waals surface area contributed by atoms with Crippen LogP contribution >= 0.6 is 0 Å². The van der Waals surface area contributed by atoms with Crippen LogP contribution in [0.4, 0.5) is 5.69 Å². The van der Waals surface area contributed by atoms with Crippen LogP contribution in [-0.4, -0.2) is 55.7 Å². The van der Waals surface area contributed by atoms with Crippen LogP contribution in [0.3, 0.4) is 0 Å². The second kappa shape index (κ2) is 12.2. The Morgan fingerprint density at radius 1 is 0.970 bits per heavy atom. The Balaban J connectivity index is 1.57. The normalized spacial score (nSPS) is 10.4. The van der Waals surface area contributed by atoms with Gasteiger partial charge in [0, 0.05) is 37.2 Å². The highest BCUT2D eigenvalue weighted by Gasteiger charge is 2.17. The van der Waals surface area contributed by atoms with E-state index in [1.807, 2.05) is 18.2 Å². The molecule has 0 radical (unpaired) electrons. The topological polar surface area (TPSA) is 90.0 Å². The molecule has 0 unspecified atom stereocenters. The molecule has 0 aliphatic heterocycles. The Morgan fingerprint density at radius 3 is 2.48 bits per heavy atom. The van der Waals surface area contributed by atoms with Crippen molar-refractivity contribution in [3.05, 3.63) is 84.2 Å². The smallest absolute Gasteiger partial charge is 0.262 e. The Bertz CT molecular complexity index is 1040. The average molecular weight is 450 g/mol. The molecule has 33 heavy (non-hydrogen) atoms. The highest BCUT2D eigenvalue weighted by Crippen LogP contribution is 2.18. The number of aromatic nitrogens is 1. The molecule has 0 atom stereocenters. The van der Waals surface area contributed by atoms with Crippen molar-refractivity contribution in [2.45, 2.75) is 6.54 Å². The third-order valence-electron chi connectivity index (χ3n) is 4.76. The first kappa shape index (κ1) is 23.7. The summed E-state index contributed by atoms with van der Waals surface area (Å²) in [4.78, 5) is 31.2. The van der Waals surface area contributed by atoms with Crippen molar-refractivity contribution in [3.63, 3.8) is 0 Å². The van der Waals surface area contributed by atoms with Gasteiger partial charge in [0.05, 0.1) is 26.0 Å². The van der Waals surface area contributed by atoms with Crippen molar-refractivity contribution in [2.24, 2.45) is 0 Å². The molecule has 2 aromatic carbocycles. The molecule has 172 valence electrons. The lowest BCUT2D eigenvalue weighted by molar-refractivity contribution is -0.118. The van der Waals surface area contributed by atoms with Crippen molar-refractivity contribution in [3.8, 4) is 11.5 Å². The molecule has 8 nitrogen and oxygen atoms in total. The maximum Gasteiger partial charge on any atom is 0.262 e. The number of hydrogen-bond acceptors (Lipinski definition) is 6. The van der Waals surface area contributed by atoms with Crippen molar-refractivity contribution in [2.75, 3.05) is 39.3 Å². The number of pyridine rings is 1. The number of anilines is 1. The lowest BCUT2D eigenvalue weighted by Gasteiger charge is -2.22. The third kappa shape index (κ3) is 7.33. The minimum Gasteiger partial charge on any atom is -0.497 e. The molecule has 3 aromatic rings. The van der Waals surface area contributed by atoms with Gasteiger partial charge >= 0.3 is 0 Å². The Hall–Kier alpha value is -3.91. The molecular formula is C25H27N3O5. The summed E-state index contributed by atoms with van der Waals surface area (Å²) in [5.41, 5.74) is 1.92. The summed E-state index contributed by atoms with van der Waals surface area (Å²) in [5, 5.41) is 2.75. The van der Waals surface area contributed by atoms with Crippen LogP contribution in [0.5, 0.6) is 11.5 Å². The standard InChI is InChI=1S/C25H27N3O5/c1-31-15-14-28(17-21-6-3-4-13-26-21)25(30)19-9-11-22(12-10-19)33-18-24(29)27-20-7-5-8-23(16-20)32-2/h3-13,16H,14-15,17-18H2,1-2H3,(H,27,29). The zero-order valence-electron chi connectivity index (χ0n) is 18.7. The Kier molecular flexibility index (Phi) is 8.79. The highest BCUT2D eigenvalue weighted by molar-refractivity contribution is 5.94. The Labute approximate surface area is 193 Å². The van der Waals surface area contributed by atoms with E-state index < -0.39 is 0 Å². The summed E-state index contributed by atoms with van der Waals surface area (Å²) in [6.45, 7) is 1.08. The van der Waals surface area contributed by atoms with Crippen LogP contribution in [-0.2, 0) is 16.1 Å². The zero-order chi connectivity index (χ0) is 23.5. The molecule has 0 saturated carbocycles. The molecule has 0 aliphatic rings. The second-order valence-electron chi connectivity index (χ2n) is 7.13. The van der Waals surface area contributed by atoms with Gasteiger partial charge in [-0.15, -0.1) is 0 Å². The number of nitrogens with one attached hydrogen (secondary N) is 1. The fraction of sp³-hybridized carbons (Fsp3) is 0.240. The van der Waals surface area contributed by atoms with Gasteiger partial charge in [0.2, 0.25) is 0 Å². The highest BCUT2D eigenvalue weighted by atomic mass is 16.5. The van der Waals surface area contributed by atoms with Gasteiger partial charge < -0.3 is 24.4 Å². The van der Waals surface area contributed by atoms with E-state index in [4.69, 9.17) is 14.2 Å². The van der Waals surface area contributed by atoms with Gasteiger partial charge in [-0.25, -0.2) is 0 Å². The lowest BCUT2D eigenvalue weighted by atomic mass is 10.2. The molecule has 0 bridgehead atoms. The molecular weight excluding hydrogens is 422 g/mol. The first-order valence-electron chi connectivity index (χ1n) is 10.4. The minimum absolute atomic E-state index is 0.139. The molecule has 0 saturated heterocycles. The lowest BCUT2D eigenvalue weighted by Crippen LogP contribution is -2.33. The number of methoxy groups -OCH3 is 2. The van der Waals surface area contributed by atoms with Gasteiger partial charge in [-0.05, 0) is 48.5 Å². The number of carbonyl (C=O) groups is 2. The summed E-state index contributed by atoms with van der Waals surface area (Å²) in [6, 6.07) is 19.4. The number of carbonyl (C=O) groups excluding carboxylic acids is 2. The predicted octanol–water partition coefficient (Wildman–Crippen LogP) is 3.40. The second-order valence-corrected chi connectivity index (χ2v) is 7.13. The molecule has 3 rings (SSSR count). The number of hydrogen-bond donors (Lipinski definition) is 1. The van der Waals surface area contributed by atoms with Crippen LogP contribution < -0.4 is 14.8 Å². The molecule has 0 aliphatic carbocycles. The number of amides is 2. The van der Waals surface area contributed by atoms with Gasteiger partial charge in [-0.3, -0.25) is 14.6 Å². The van der Waals surface area contributed by atoms with E-state index in [1.54, 1.807) is 73.8 Å².